The number of likely N-dealkylation sites (N-methyl/N-ethyl adjacent to an activating group) is 1. The highest BCUT2D eigenvalue weighted by Crippen LogP contribution is 2.33. The lowest BCUT2D eigenvalue weighted by Crippen LogP contribution is -2.23. The zero-order chi connectivity index (χ0) is 11.0. The summed E-state index contributed by atoms with van der Waals surface area (Å²) >= 11 is 0. The van der Waals surface area contributed by atoms with Crippen molar-refractivity contribution in [1.82, 2.24) is 0 Å². The lowest BCUT2D eigenvalue weighted by Gasteiger charge is -2.18. The number of carbonyl (C=O) groups is 1. The molecule has 80 valence electrons. The number of anilines is 1. The van der Waals surface area contributed by atoms with Crippen molar-refractivity contribution in [3.05, 3.63) is 29.3 Å². The van der Waals surface area contributed by atoms with Gasteiger partial charge in [0, 0.05) is 25.2 Å². The number of hydrogen-bond acceptors (Lipinski definition) is 2. The van der Waals surface area contributed by atoms with E-state index in [0.29, 0.717) is 12.5 Å². The van der Waals surface area contributed by atoms with Crippen molar-refractivity contribution in [2.24, 2.45) is 0 Å². The second-order valence-corrected chi connectivity index (χ2v) is 4.46. The van der Waals surface area contributed by atoms with Crippen LogP contribution in [0.3, 0.4) is 0 Å². The Hall–Kier alpha value is -1.31. The predicted molar refractivity (Wildman–Crippen MR) is 62.4 cm³/mol. The van der Waals surface area contributed by atoms with Crippen LogP contribution in [0.5, 0.6) is 0 Å². The first-order chi connectivity index (χ1) is 7.09. The van der Waals surface area contributed by atoms with Crippen LogP contribution in [-0.2, 0) is 17.6 Å². The third-order valence-corrected chi connectivity index (χ3v) is 3.23. The Bertz CT molecular complexity index is 398. The number of hydrogen-bond donors (Lipinski definition) is 0. The Morgan fingerprint density at radius 3 is 2.93 bits per heavy atom. The summed E-state index contributed by atoms with van der Waals surface area (Å²) in [5.41, 5.74) is 3.86. The minimum Gasteiger partial charge on any atom is -0.371 e. The molecule has 0 amide bonds. The molecule has 1 aliphatic heterocycles. The van der Waals surface area contributed by atoms with Crippen LogP contribution in [0.2, 0.25) is 0 Å². The minimum absolute atomic E-state index is 0.241. The first-order valence-corrected chi connectivity index (χ1v) is 5.42. The topological polar surface area (TPSA) is 20.3 Å². The molecule has 1 aromatic carbocycles. The van der Waals surface area contributed by atoms with Crippen molar-refractivity contribution in [1.29, 1.82) is 0 Å². The average Bonchev–Trinajstić information content (AvgIpc) is 2.45. The molecule has 2 nitrogen and oxygen atoms in total. The van der Waals surface area contributed by atoms with Gasteiger partial charge in [0.15, 0.2) is 0 Å². The molecule has 0 aliphatic carbocycles. The van der Waals surface area contributed by atoms with E-state index in [1.807, 2.05) is 6.07 Å². The van der Waals surface area contributed by atoms with Crippen LogP contribution in [0.15, 0.2) is 18.2 Å². The van der Waals surface area contributed by atoms with Gasteiger partial charge in [0.1, 0.15) is 5.78 Å². The molecule has 0 radical (unpaired) electrons. The van der Waals surface area contributed by atoms with E-state index in [4.69, 9.17) is 0 Å². The van der Waals surface area contributed by atoms with Gasteiger partial charge in [-0.25, -0.2) is 0 Å². The number of rotatable bonds is 2. The Balaban J connectivity index is 2.40. The van der Waals surface area contributed by atoms with Gasteiger partial charge in [-0.3, -0.25) is 4.79 Å². The molecular weight excluding hydrogens is 186 g/mol. The summed E-state index contributed by atoms with van der Waals surface area (Å²) in [5, 5.41) is 0. The van der Waals surface area contributed by atoms with Gasteiger partial charge in [-0.2, -0.15) is 0 Å². The van der Waals surface area contributed by atoms with Crippen molar-refractivity contribution in [3.63, 3.8) is 0 Å². The highest BCUT2D eigenvalue weighted by Gasteiger charge is 2.24. The summed E-state index contributed by atoms with van der Waals surface area (Å²) < 4.78 is 0. The molecular formula is C13H17NO. The quantitative estimate of drug-likeness (QED) is 0.734. The lowest BCUT2D eigenvalue weighted by atomic mass is 9.99. The van der Waals surface area contributed by atoms with Gasteiger partial charge < -0.3 is 4.90 Å². The van der Waals surface area contributed by atoms with E-state index >= 15 is 0 Å². The molecule has 0 fully saturated rings. The first-order valence-electron chi connectivity index (χ1n) is 5.42. The third-order valence-electron chi connectivity index (χ3n) is 3.23. The van der Waals surface area contributed by atoms with Crippen molar-refractivity contribution in [3.8, 4) is 0 Å². The second kappa shape index (κ2) is 3.69. The fourth-order valence-corrected chi connectivity index (χ4v) is 2.29. The predicted octanol–water partition coefficient (Wildman–Crippen LogP) is 2.20. The maximum absolute atomic E-state index is 11.2. The van der Waals surface area contributed by atoms with Crippen LogP contribution in [0.4, 0.5) is 5.69 Å². The van der Waals surface area contributed by atoms with Gasteiger partial charge in [0.05, 0.1) is 0 Å². The third kappa shape index (κ3) is 1.76. The zero-order valence-electron chi connectivity index (χ0n) is 9.58. The van der Waals surface area contributed by atoms with Gasteiger partial charge in [-0.1, -0.05) is 12.1 Å². The fourth-order valence-electron chi connectivity index (χ4n) is 2.29. The maximum atomic E-state index is 11.2. The van der Waals surface area contributed by atoms with E-state index < -0.39 is 0 Å². The molecule has 1 unspecified atom stereocenters. The van der Waals surface area contributed by atoms with Crippen molar-refractivity contribution < 1.29 is 4.79 Å². The van der Waals surface area contributed by atoms with Crippen molar-refractivity contribution in [2.75, 3.05) is 11.9 Å². The molecule has 1 heterocycles. The molecule has 0 aromatic heterocycles. The Morgan fingerprint density at radius 2 is 2.27 bits per heavy atom. The minimum atomic E-state index is 0.241. The summed E-state index contributed by atoms with van der Waals surface area (Å²) in [6, 6.07) is 6.81. The van der Waals surface area contributed by atoms with Crippen LogP contribution in [0.1, 0.15) is 25.0 Å². The SMILES string of the molecule is CC(=O)Cc1cccc2c1CC(C)N2C. The number of benzene rings is 1. The van der Waals surface area contributed by atoms with Crippen LogP contribution >= 0.6 is 0 Å². The maximum Gasteiger partial charge on any atom is 0.134 e. The summed E-state index contributed by atoms with van der Waals surface area (Å²) in [5.74, 6) is 0.241. The molecule has 1 atom stereocenters. The molecule has 0 saturated heterocycles. The van der Waals surface area contributed by atoms with E-state index in [1.54, 1.807) is 6.92 Å². The normalized spacial score (nSPS) is 19.1. The van der Waals surface area contributed by atoms with Crippen LogP contribution in [0, 0.1) is 0 Å². The van der Waals surface area contributed by atoms with E-state index in [0.717, 1.165) is 6.42 Å². The molecule has 1 aliphatic rings. The molecule has 2 rings (SSSR count). The van der Waals surface area contributed by atoms with Gasteiger partial charge in [0.25, 0.3) is 0 Å². The molecule has 0 saturated carbocycles. The summed E-state index contributed by atoms with van der Waals surface area (Å²) in [6.07, 6.45) is 1.64. The molecule has 15 heavy (non-hydrogen) atoms. The summed E-state index contributed by atoms with van der Waals surface area (Å²) in [4.78, 5) is 13.5. The van der Waals surface area contributed by atoms with E-state index in [9.17, 15) is 4.79 Å². The average molecular weight is 203 g/mol. The molecule has 1 aromatic rings. The number of nitrogens with zero attached hydrogens (tertiary/aromatic N) is 1. The van der Waals surface area contributed by atoms with Crippen LogP contribution in [-0.4, -0.2) is 18.9 Å². The van der Waals surface area contributed by atoms with E-state index in [1.165, 1.54) is 16.8 Å². The van der Waals surface area contributed by atoms with Crippen LogP contribution < -0.4 is 4.90 Å². The second-order valence-electron chi connectivity index (χ2n) is 4.46. The smallest absolute Gasteiger partial charge is 0.134 e. The lowest BCUT2D eigenvalue weighted by molar-refractivity contribution is -0.116. The number of Topliss-reactive ketones (excluding diaryl/α,β-unsaturated/α-hetero) is 1. The molecule has 0 N–H and O–H groups in total. The van der Waals surface area contributed by atoms with Crippen molar-refractivity contribution in [2.45, 2.75) is 32.7 Å². The zero-order valence-corrected chi connectivity index (χ0v) is 9.58. The summed E-state index contributed by atoms with van der Waals surface area (Å²) in [7, 11) is 2.12. The Kier molecular flexibility index (Phi) is 2.51. The number of fused-ring (bicyclic) bond motifs is 1. The molecule has 2 heteroatoms. The highest BCUT2D eigenvalue weighted by molar-refractivity contribution is 5.79. The van der Waals surface area contributed by atoms with Crippen LogP contribution in [0.25, 0.3) is 0 Å². The Morgan fingerprint density at radius 1 is 1.53 bits per heavy atom. The molecule has 0 bridgehead atoms. The largest absolute Gasteiger partial charge is 0.371 e. The van der Waals surface area contributed by atoms with Gasteiger partial charge >= 0.3 is 0 Å². The first kappa shape index (κ1) is 10.2. The standard InChI is InChI=1S/C13H17NO/c1-9-7-12-11(8-10(2)15)5-4-6-13(12)14(9)3/h4-6,9H,7-8H2,1-3H3. The summed E-state index contributed by atoms with van der Waals surface area (Å²) in [6.45, 7) is 3.87. The molecule has 0 spiro atoms. The number of carbonyl (C=O) groups excluding carboxylic acids is 1. The fraction of sp³-hybridized carbons (Fsp3) is 0.462. The number of ketones is 1. The van der Waals surface area contributed by atoms with E-state index in [2.05, 4.69) is 31.0 Å². The highest BCUT2D eigenvalue weighted by atomic mass is 16.1. The van der Waals surface area contributed by atoms with Crippen molar-refractivity contribution >= 4 is 11.5 Å². The van der Waals surface area contributed by atoms with E-state index in [-0.39, 0.29) is 5.78 Å². The monoisotopic (exact) mass is 203 g/mol. The van der Waals surface area contributed by atoms with Gasteiger partial charge in [0.2, 0.25) is 0 Å². The van der Waals surface area contributed by atoms with Gasteiger partial charge in [-0.15, -0.1) is 0 Å². The Labute approximate surface area is 90.9 Å². The van der Waals surface area contributed by atoms with Gasteiger partial charge in [-0.05, 0) is 37.5 Å².